The van der Waals surface area contributed by atoms with Gasteiger partial charge in [0.1, 0.15) is 0 Å². The maximum atomic E-state index is 12.3. The lowest BCUT2D eigenvalue weighted by Crippen LogP contribution is -2.47. The zero-order chi connectivity index (χ0) is 16.2. The first-order chi connectivity index (χ1) is 10.4. The van der Waals surface area contributed by atoms with Gasteiger partial charge in [0.2, 0.25) is 11.8 Å². The maximum absolute atomic E-state index is 12.3. The Morgan fingerprint density at radius 2 is 2.05 bits per heavy atom. The lowest BCUT2D eigenvalue weighted by Gasteiger charge is -2.30. The Kier molecular flexibility index (Phi) is 5.32. The number of likely N-dealkylation sites (tertiary alicyclic amines) is 1. The molecule has 5 nitrogen and oxygen atoms in total. The molecule has 0 saturated carbocycles. The van der Waals surface area contributed by atoms with Gasteiger partial charge in [0.15, 0.2) is 0 Å². The van der Waals surface area contributed by atoms with Crippen molar-refractivity contribution in [3.05, 3.63) is 35.9 Å². The number of amides is 2. The Morgan fingerprint density at radius 1 is 1.36 bits per heavy atom. The molecular weight excluding hydrogens is 280 g/mol. The first-order valence-electron chi connectivity index (χ1n) is 7.67. The smallest absolute Gasteiger partial charge is 0.231 e. The number of carbonyl (C=O) groups is 2. The van der Waals surface area contributed by atoms with Gasteiger partial charge in [-0.25, -0.2) is 0 Å². The van der Waals surface area contributed by atoms with Crippen LogP contribution in [0.15, 0.2) is 30.3 Å². The summed E-state index contributed by atoms with van der Waals surface area (Å²) in [7, 11) is 0. The molecule has 0 bridgehead atoms. The van der Waals surface area contributed by atoms with Gasteiger partial charge < -0.3 is 0 Å². The van der Waals surface area contributed by atoms with E-state index in [4.69, 9.17) is 4.84 Å². The molecule has 1 N–H and O–H groups in total. The van der Waals surface area contributed by atoms with Crippen LogP contribution in [0.25, 0.3) is 0 Å². The molecule has 1 aromatic rings. The van der Waals surface area contributed by atoms with Crippen molar-refractivity contribution in [1.82, 2.24) is 10.4 Å². The van der Waals surface area contributed by atoms with Crippen molar-refractivity contribution in [1.29, 1.82) is 0 Å². The molecule has 1 heterocycles. The van der Waals surface area contributed by atoms with E-state index in [1.807, 2.05) is 51.1 Å². The van der Waals surface area contributed by atoms with Crippen molar-refractivity contribution in [3.63, 3.8) is 0 Å². The van der Waals surface area contributed by atoms with Gasteiger partial charge in [-0.3, -0.25) is 19.3 Å². The molecule has 1 fully saturated rings. The van der Waals surface area contributed by atoms with Crippen LogP contribution < -0.4 is 5.48 Å². The molecule has 0 aliphatic carbocycles. The van der Waals surface area contributed by atoms with Crippen molar-refractivity contribution in [2.24, 2.45) is 0 Å². The zero-order valence-corrected chi connectivity index (χ0v) is 13.5. The number of nitrogens with zero attached hydrogens (tertiary/aromatic N) is 1. The van der Waals surface area contributed by atoms with Gasteiger partial charge in [0.25, 0.3) is 0 Å². The van der Waals surface area contributed by atoms with Crippen LogP contribution in [0.3, 0.4) is 0 Å². The van der Waals surface area contributed by atoms with Crippen LogP contribution in [0.5, 0.6) is 0 Å². The number of rotatable bonds is 6. The van der Waals surface area contributed by atoms with Gasteiger partial charge in [-0.15, -0.1) is 0 Å². The normalized spacial score (nSPS) is 18.5. The minimum atomic E-state index is -0.376. The molecule has 1 saturated heterocycles. The number of imide groups is 1. The van der Waals surface area contributed by atoms with Crippen LogP contribution in [-0.4, -0.2) is 28.3 Å². The molecule has 1 aromatic carbocycles. The average Bonchev–Trinajstić information content (AvgIpc) is 2.73. The lowest BCUT2D eigenvalue weighted by atomic mass is 10.0. The Balaban J connectivity index is 1.78. The van der Waals surface area contributed by atoms with E-state index >= 15 is 0 Å². The first-order valence-corrected chi connectivity index (χ1v) is 7.67. The van der Waals surface area contributed by atoms with E-state index in [0.29, 0.717) is 13.0 Å². The van der Waals surface area contributed by atoms with Crippen LogP contribution in [0.1, 0.15) is 45.6 Å². The summed E-state index contributed by atoms with van der Waals surface area (Å²) in [6.45, 7) is 6.17. The van der Waals surface area contributed by atoms with E-state index in [-0.39, 0.29) is 29.8 Å². The monoisotopic (exact) mass is 304 g/mol. The number of benzene rings is 1. The SMILES string of the molecule is CC(CC(=O)N1C(=O)CCC1(C)C)NOCc1ccccc1. The van der Waals surface area contributed by atoms with E-state index in [9.17, 15) is 9.59 Å². The van der Waals surface area contributed by atoms with Crippen molar-refractivity contribution in [2.45, 2.75) is 58.2 Å². The van der Waals surface area contributed by atoms with E-state index < -0.39 is 0 Å². The highest BCUT2D eigenvalue weighted by Gasteiger charge is 2.41. The van der Waals surface area contributed by atoms with Crippen molar-refractivity contribution in [3.8, 4) is 0 Å². The van der Waals surface area contributed by atoms with E-state index in [1.54, 1.807) is 0 Å². The molecule has 2 amide bonds. The lowest BCUT2D eigenvalue weighted by molar-refractivity contribution is -0.147. The molecule has 5 heteroatoms. The first kappa shape index (κ1) is 16.6. The highest BCUT2D eigenvalue weighted by atomic mass is 16.6. The van der Waals surface area contributed by atoms with E-state index in [2.05, 4.69) is 5.48 Å². The van der Waals surface area contributed by atoms with Crippen molar-refractivity contribution >= 4 is 11.8 Å². The third kappa shape index (κ3) is 4.15. The van der Waals surface area contributed by atoms with Crippen LogP contribution in [0.2, 0.25) is 0 Å². The Bertz CT molecular complexity index is 528. The Labute approximate surface area is 131 Å². The summed E-state index contributed by atoms with van der Waals surface area (Å²) in [5.74, 6) is -0.219. The third-order valence-electron chi connectivity index (χ3n) is 3.90. The molecule has 1 unspecified atom stereocenters. The van der Waals surface area contributed by atoms with E-state index in [0.717, 1.165) is 12.0 Å². The summed E-state index contributed by atoms with van der Waals surface area (Å²) in [5, 5.41) is 0. The molecule has 0 aromatic heterocycles. The number of hydroxylamine groups is 1. The van der Waals surface area contributed by atoms with Gasteiger partial charge in [-0.2, -0.15) is 5.48 Å². The van der Waals surface area contributed by atoms with Gasteiger partial charge in [-0.1, -0.05) is 30.3 Å². The van der Waals surface area contributed by atoms with Crippen LogP contribution in [-0.2, 0) is 21.0 Å². The zero-order valence-electron chi connectivity index (χ0n) is 13.5. The second-order valence-electron chi connectivity index (χ2n) is 6.43. The predicted octanol–water partition coefficient (Wildman–Crippen LogP) is 2.41. The van der Waals surface area contributed by atoms with E-state index in [1.165, 1.54) is 4.90 Å². The summed E-state index contributed by atoms with van der Waals surface area (Å²) < 4.78 is 0. The second kappa shape index (κ2) is 7.03. The molecular formula is C17H24N2O3. The molecule has 0 radical (unpaired) electrons. The maximum Gasteiger partial charge on any atom is 0.231 e. The molecule has 0 spiro atoms. The largest absolute Gasteiger partial charge is 0.297 e. The molecule has 2 rings (SSSR count). The predicted molar refractivity (Wildman–Crippen MR) is 83.6 cm³/mol. The van der Waals surface area contributed by atoms with Gasteiger partial charge in [0.05, 0.1) is 6.61 Å². The summed E-state index contributed by atoms with van der Waals surface area (Å²) in [4.78, 5) is 31.0. The standard InChI is InChI=1S/C17H24N2O3/c1-13(18-22-12-14-7-5-4-6-8-14)11-16(21)19-15(20)9-10-17(19,2)3/h4-8,13,18H,9-12H2,1-3H3. The number of hydrogen-bond donors (Lipinski definition) is 1. The van der Waals surface area contributed by atoms with Crippen LogP contribution in [0, 0.1) is 0 Å². The average molecular weight is 304 g/mol. The van der Waals surface area contributed by atoms with Crippen molar-refractivity contribution in [2.75, 3.05) is 0 Å². The minimum Gasteiger partial charge on any atom is -0.297 e. The summed E-state index contributed by atoms with van der Waals surface area (Å²) >= 11 is 0. The van der Waals surface area contributed by atoms with Crippen LogP contribution >= 0.6 is 0 Å². The fourth-order valence-corrected chi connectivity index (χ4v) is 2.69. The summed E-state index contributed by atoms with van der Waals surface area (Å²) in [5.41, 5.74) is 3.55. The topological polar surface area (TPSA) is 58.6 Å². The highest BCUT2D eigenvalue weighted by molar-refractivity contribution is 5.98. The number of hydrogen-bond acceptors (Lipinski definition) is 4. The van der Waals surface area contributed by atoms with Gasteiger partial charge in [0, 0.05) is 24.4 Å². The molecule has 1 aliphatic heterocycles. The highest BCUT2D eigenvalue weighted by Crippen LogP contribution is 2.30. The van der Waals surface area contributed by atoms with Gasteiger partial charge in [-0.05, 0) is 32.8 Å². The molecule has 1 aliphatic rings. The second-order valence-corrected chi connectivity index (χ2v) is 6.43. The quantitative estimate of drug-likeness (QED) is 0.820. The molecule has 22 heavy (non-hydrogen) atoms. The molecule has 1 atom stereocenters. The Morgan fingerprint density at radius 3 is 2.64 bits per heavy atom. The van der Waals surface area contributed by atoms with Crippen molar-refractivity contribution < 1.29 is 14.4 Å². The Hall–Kier alpha value is -1.72. The number of carbonyl (C=O) groups excluding carboxylic acids is 2. The number of nitrogens with one attached hydrogen (secondary N) is 1. The minimum absolute atomic E-state index is 0.0765. The third-order valence-corrected chi connectivity index (χ3v) is 3.90. The molecule has 120 valence electrons. The summed E-state index contributed by atoms with van der Waals surface area (Å²) in [6, 6.07) is 9.65. The fraction of sp³-hybridized carbons (Fsp3) is 0.529. The van der Waals surface area contributed by atoms with Crippen LogP contribution in [0.4, 0.5) is 0 Å². The van der Waals surface area contributed by atoms with Gasteiger partial charge >= 0.3 is 0 Å². The fourth-order valence-electron chi connectivity index (χ4n) is 2.69. The summed E-state index contributed by atoms with van der Waals surface area (Å²) in [6.07, 6.45) is 1.42.